The van der Waals surface area contributed by atoms with Gasteiger partial charge in [0.2, 0.25) is 5.91 Å². The van der Waals surface area contributed by atoms with Gasteiger partial charge in [0.1, 0.15) is 0 Å². The number of carboxylic acid groups (broad SMARTS) is 1. The summed E-state index contributed by atoms with van der Waals surface area (Å²) in [6, 6.07) is 5.11. The molecule has 2 N–H and O–H groups in total. The number of hydrogen-bond donors (Lipinski definition) is 2. The van der Waals surface area contributed by atoms with E-state index in [4.69, 9.17) is 28.3 Å². The summed E-state index contributed by atoms with van der Waals surface area (Å²) in [5, 5.41) is 12.2. The molecule has 108 valence electrons. The number of rotatable bonds is 6. The molecule has 0 aliphatic heterocycles. The highest BCUT2D eigenvalue weighted by molar-refractivity contribution is 6.39. The number of aliphatic carboxylic acids is 1. The number of nitrogens with one attached hydrogen (secondary N) is 1. The molecule has 0 saturated heterocycles. The normalized spacial score (nSPS) is 14.3. The first-order valence-electron chi connectivity index (χ1n) is 6.17. The maximum absolute atomic E-state index is 12.0. The number of benzene rings is 1. The Hall–Kier alpha value is -1.30. The van der Waals surface area contributed by atoms with E-state index in [1.54, 1.807) is 23.1 Å². The van der Waals surface area contributed by atoms with E-state index in [2.05, 4.69) is 5.32 Å². The zero-order valence-corrected chi connectivity index (χ0v) is 12.1. The fraction of sp³-hybridized carbons (Fsp3) is 0.385. The van der Waals surface area contributed by atoms with Crippen molar-refractivity contribution < 1.29 is 14.7 Å². The quantitative estimate of drug-likeness (QED) is 0.846. The number of para-hydroxylation sites is 1. The van der Waals surface area contributed by atoms with Gasteiger partial charge in [-0.05, 0) is 25.0 Å². The molecular formula is C13H14Cl2N2O3. The number of hydrogen-bond acceptors (Lipinski definition) is 3. The van der Waals surface area contributed by atoms with E-state index in [1.807, 2.05) is 0 Å². The van der Waals surface area contributed by atoms with Crippen molar-refractivity contribution in [1.29, 1.82) is 0 Å². The first-order chi connectivity index (χ1) is 9.47. The average Bonchev–Trinajstić information content (AvgIpc) is 3.17. The molecule has 0 bridgehead atoms. The Morgan fingerprint density at radius 2 is 1.85 bits per heavy atom. The molecule has 1 saturated carbocycles. The number of halogens is 2. The van der Waals surface area contributed by atoms with Crippen LogP contribution >= 0.6 is 23.2 Å². The second-order valence-electron chi connectivity index (χ2n) is 4.67. The lowest BCUT2D eigenvalue weighted by atomic mass is 10.3. The van der Waals surface area contributed by atoms with Gasteiger partial charge in [-0.1, -0.05) is 29.3 Å². The Bertz CT molecular complexity index is 512. The van der Waals surface area contributed by atoms with Gasteiger partial charge < -0.3 is 10.4 Å². The highest BCUT2D eigenvalue weighted by Crippen LogP contribution is 2.30. The third-order valence-electron chi connectivity index (χ3n) is 2.98. The van der Waals surface area contributed by atoms with Gasteiger partial charge in [-0.15, -0.1) is 0 Å². The molecule has 0 unspecified atom stereocenters. The summed E-state index contributed by atoms with van der Waals surface area (Å²) in [5.41, 5.74) is 0.354. The van der Waals surface area contributed by atoms with E-state index in [1.165, 1.54) is 0 Å². The first kappa shape index (κ1) is 15.1. The van der Waals surface area contributed by atoms with Crippen LogP contribution in [0.3, 0.4) is 0 Å². The molecule has 0 heterocycles. The minimum Gasteiger partial charge on any atom is -0.480 e. The molecule has 1 fully saturated rings. The summed E-state index contributed by atoms with van der Waals surface area (Å²) in [7, 11) is 0. The summed E-state index contributed by atoms with van der Waals surface area (Å²) in [5.74, 6) is -1.27. The van der Waals surface area contributed by atoms with E-state index >= 15 is 0 Å². The zero-order chi connectivity index (χ0) is 14.7. The summed E-state index contributed by atoms with van der Waals surface area (Å²) >= 11 is 11.9. The van der Waals surface area contributed by atoms with Gasteiger partial charge in [-0.3, -0.25) is 14.5 Å². The molecule has 0 atom stereocenters. The second-order valence-corrected chi connectivity index (χ2v) is 5.49. The predicted molar refractivity (Wildman–Crippen MR) is 77.3 cm³/mol. The smallest absolute Gasteiger partial charge is 0.317 e. The van der Waals surface area contributed by atoms with Gasteiger partial charge in [0, 0.05) is 6.04 Å². The zero-order valence-electron chi connectivity index (χ0n) is 10.6. The minimum atomic E-state index is -0.944. The van der Waals surface area contributed by atoms with Crippen molar-refractivity contribution in [1.82, 2.24) is 4.90 Å². The minimum absolute atomic E-state index is 0.0124. The predicted octanol–water partition coefficient (Wildman–Crippen LogP) is 2.48. The Labute approximate surface area is 126 Å². The SMILES string of the molecule is O=C(O)CN(CC(=O)Nc1c(Cl)cccc1Cl)C1CC1. The van der Waals surface area contributed by atoms with Crippen LogP contribution in [0.1, 0.15) is 12.8 Å². The fourth-order valence-electron chi connectivity index (χ4n) is 1.91. The molecule has 5 nitrogen and oxygen atoms in total. The van der Waals surface area contributed by atoms with E-state index in [0.717, 1.165) is 12.8 Å². The standard InChI is InChI=1S/C13H14Cl2N2O3/c14-9-2-1-3-10(15)13(9)16-11(18)6-17(7-12(19)20)8-4-5-8/h1-3,8H,4-7H2,(H,16,18)(H,19,20). The molecule has 20 heavy (non-hydrogen) atoms. The fourth-order valence-corrected chi connectivity index (χ4v) is 2.40. The molecule has 1 aliphatic carbocycles. The molecule has 0 radical (unpaired) electrons. The van der Waals surface area contributed by atoms with Gasteiger partial charge in [0.15, 0.2) is 0 Å². The number of nitrogens with zero attached hydrogens (tertiary/aromatic N) is 1. The van der Waals surface area contributed by atoms with E-state index in [9.17, 15) is 9.59 Å². The van der Waals surface area contributed by atoms with Gasteiger partial charge in [-0.25, -0.2) is 0 Å². The van der Waals surface area contributed by atoms with Crippen molar-refractivity contribution in [3.05, 3.63) is 28.2 Å². The van der Waals surface area contributed by atoms with E-state index in [0.29, 0.717) is 15.7 Å². The lowest BCUT2D eigenvalue weighted by Gasteiger charge is -2.19. The molecule has 2 rings (SSSR count). The van der Waals surface area contributed by atoms with Crippen LogP contribution in [0.15, 0.2) is 18.2 Å². The summed E-state index contributed by atoms with van der Waals surface area (Å²) < 4.78 is 0. The number of amides is 1. The van der Waals surface area contributed by atoms with Crippen LogP contribution in [0, 0.1) is 0 Å². The third kappa shape index (κ3) is 4.10. The molecular weight excluding hydrogens is 303 g/mol. The number of anilines is 1. The van der Waals surface area contributed by atoms with Crippen LogP contribution in [0.25, 0.3) is 0 Å². The summed E-state index contributed by atoms with van der Waals surface area (Å²) in [6.07, 6.45) is 1.85. The lowest BCUT2D eigenvalue weighted by Crippen LogP contribution is -2.38. The number of carbonyl (C=O) groups is 2. The Balaban J connectivity index is 1.99. The Morgan fingerprint density at radius 3 is 2.35 bits per heavy atom. The summed E-state index contributed by atoms with van der Waals surface area (Å²) in [6.45, 7) is -0.132. The average molecular weight is 317 g/mol. The third-order valence-corrected chi connectivity index (χ3v) is 3.61. The van der Waals surface area contributed by atoms with Crippen molar-refractivity contribution in [2.24, 2.45) is 0 Å². The largest absolute Gasteiger partial charge is 0.480 e. The monoisotopic (exact) mass is 316 g/mol. The van der Waals surface area contributed by atoms with Crippen LogP contribution in [-0.2, 0) is 9.59 Å². The first-order valence-corrected chi connectivity index (χ1v) is 6.92. The van der Waals surface area contributed by atoms with Crippen LogP contribution in [0.5, 0.6) is 0 Å². The molecule has 1 aliphatic rings. The van der Waals surface area contributed by atoms with Crippen molar-refractivity contribution in [2.75, 3.05) is 18.4 Å². The highest BCUT2D eigenvalue weighted by Gasteiger charge is 2.31. The van der Waals surface area contributed by atoms with Crippen molar-refractivity contribution >= 4 is 40.8 Å². The van der Waals surface area contributed by atoms with Crippen LogP contribution in [0.2, 0.25) is 10.0 Å². The molecule has 1 aromatic carbocycles. The van der Waals surface area contributed by atoms with E-state index in [-0.39, 0.29) is 25.0 Å². The molecule has 1 amide bonds. The lowest BCUT2D eigenvalue weighted by molar-refractivity contribution is -0.138. The molecule has 0 spiro atoms. The van der Waals surface area contributed by atoms with E-state index < -0.39 is 5.97 Å². The second kappa shape index (κ2) is 6.43. The van der Waals surface area contributed by atoms with Gasteiger partial charge in [0.25, 0.3) is 0 Å². The van der Waals surface area contributed by atoms with Gasteiger partial charge in [0.05, 0.1) is 28.8 Å². The van der Waals surface area contributed by atoms with Crippen molar-refractivity contribution in [3.63, 3.8) is 0 Å². The highest BCUT2D eigenvalue weighted by atomic mass is 35.5. The Kier molecular flexibility index (Phi) is 4.86. The Morgan fingerprint density at radius 1 is 1.25 bits per heavy atom. The van der Waals surface area contributed by atoms with Crippen molar-refractivity contribution in [3.8, 4) is 0 Å². The number of carbonyl (C=O) groups excluding carboxylic acids is 1. The molecule has 7 heteroatoms. The van der Waals surface area contributed by atoms with Crippen LogP contribution < -0.4 is 5.32 Å². The maximum Gasteiger partial charge on any atom is 0.317 e. The molecule has 1 aromatic rings. The van der Waals surface area contributed by atoms with Crippen LogP contribution in [0.4, 0.5) is 5.69 Å². The van der Waals surface area contributed by atoms with Crippen LogP contribution in [-0.4, -0.2) is 41.0 Å². The number of carboxylic acids is 1. The molecule has 0 aromatic heterocycles. The topological polar surface area (TPSA) is 69.6 Å². The maximum atomic E-state index is 12.0. The van der Waals surface area contributed by atoms with Crippen molar-refractivity contribution in [2.45, 2.75) is 18.9 Å². The van der Waals surface area contributed by atoms with Gasteiger partial charge in [-0.2, -0.15) is 0 Å². The summed E-state index contributed by atoms with van der Waals surface area (Å²) in [4.78, 5) is 24.4. The van der Waals surface area contributed by atoms with Gasteiger partial charge >= 0.3 is 5.97 Å².